The van der Waals surface area contributed by atoms with Crippen molar-refractivity contribution in [3.63, 3.8) is 0 Å². The summed E-state index contributed by atoms with van der Waals surface area (Å²) in [6.07, 6.45) is 1.41. The van der Waals surface area contributed by atoms with Crippen molar-refractivity contribution in [1.29, 1.82) is 0 Å². The average Bonchev–Trinajstić information content (AvgIpc) is 2.96. The van der Waals surface area contributed by atoms with Gasteiger partial charge in [0.2, 0.25) is 0 Å². The Morgan fingerprint density at radius 1 is 1.23 bits per heavy atom. The molecule has 1 aromatic carbocycles. The molecule has 1 aromatic heterocycles. The van der Waals surface area contributed by atoms with Crippen molar-refractivity contribution in [2.45, 2.75) is 26.4 Å². The summed E-state index contributed by atoms with van der Waals surface area (Å²) in [7, 11) is 0. The number of amides is 1. The monoisotopic (exact) mass is 319 g/mol. The number of alkyl carbamates (subject to hydrolysis) is 1. The van der Waals surface area contributed by atoms with Gasteiger partial charge in [-0.1, -0.05) is 0 Å². The maximum atomic E-state index is 11.5. The Bertz CT molecular complexity index is 589. The van der Waals surface area contributed by atoms with Gasteiger partial charge in [-0.25, -0.2) is 9.78 Å². The smallest absolute Gasteiger partial charge is 0.407 e. The minimum Gasteiger partial charge on any atom is -0.444 e. The van der Waals surface area contributed by atoms with Crippen molar-refractivity contribution in [2.24, 2.45) is 0 Å². The minimum absolute atomic E-state index is 0.395. The first-order valence-electron chi connectivity index (χ1n) is 7.15. The van der Waals surface area contributed by atoms with Crippen LogP contribution in [0.1, 0.15) is 20.8 Å². The van der Waals surface area contributed by atoms with Gasteiger partial charge in [0.15, 0.2) is 0 Å². The number of anilines is 1. The molecule has 1 amide bonds. The minimum atomic E-state index is -0.469. The third kappa shape index (κ3) is 5.37. The molecule has 2 rings (SSSR count). The summed E-state index contributed by atoms with van der Waals surface area (Å²) < 4.78 is 5.16. The average molecular weight is 319 g/mol. The maximum absolute atomic E-state index is 11.5. The second kappa shape index (κ2) is 7.26. The Morgan fingerprint density at radius 3 is 2.55 bits per heavy atom. The summed E-state index contributed by atoms with van der Waals surface area (Å²) in [6, 6.07) is 8.07. The molecule has 0 aliphatic heterocycles. The van der Waals surface area contributed by atoms with Gasteiger partial charge in [-0.15, -0.1) is 11.3 Å². The van der Waals surface area contributed by atoms with Gasteiger partial charge in [0.05, 0.1) is 0 Å². The zero-order valence-corrected chi connectivity index (χ0v) is 13.9. The summed E-state index contributed by atoms with van der Waals surface area (Å²) in [5, 5.41) is 8.93. The van der Waals surface area contributed by atoms with Gasteiger partial charge in [-0.2, -0.15) is 0 Å². The summed E-state index contributed by atoms with van der Waals surface area (Å²) in [5.41, 5.74) is 1.64. The van der Waals surface area contributed by atoms with Gasteiger partial charge in [-0.3, -0.25) is 0 Å². The maximum Gasteiger partial charge on any atom is 0.407 e. The van der Waals surface area contributed by atoms with Gasteiger partial charge in [-0.05, 0) is 45.0 Å². The Labute approximate surface area is 134 Å². The van der Waals surface area contributed by atoms with E-state index in [0.717, 1.165) is 16.3 Å². The van der Waals surface area contributed by atoms with Gasteiger partial charge >= 0.3 is 6.09 Å². The molecule has 0 aliphatic rings. The third-order valence-corrected chi connectivity index (χ3v) is 3.51. The fraction of sp³-hybridized carbons (Fsp3) is 0.375. The van der Waals surface area contributed by atoms with Crippen LogP contribution in [0.4, 0.5) is 10.5 Å². The van der Waals surface area contributed by atoms with E-state index in [0.29, 0.717) is 13.1 Å². The molecule has 0 unspecified atom stereocenters. The van der Waals surface area contributed by atoms with E-state index in [1.807, 2.05) is 50.4 Å². The number of carbonyl (C=O) groups is 1. The van der Waals surface area contributed by atoms with E-state index in [1.54, 1.807) is 17.5 Å². The molecule has 0 radical (unpaired) electrons. The van der Waals surface area contributed by atoms with E-state index in [4.69, 9.17) is 4.74 Å². The lowest BCUT2D eigenvalue weighted by molar-refractivity contribution is 0.0530. The lowest BCUT2D eigenvalue weighted by Gasteiger charge is -2.19. The zero-order chi connectivity index (χ0) is 16.0. The lowest BCUT2D eigenvalue weighted by atomic mass is 10.2. The van der Waals surface area contributed by atoms with Crippen LogP contribution in [-0.2, 0) is 4.74 Å². The Kier molecular flexibility index (Phi) is 5.38. The van der Waals surface area contributed by atoms with Gasteiger partial charge in [0, 0.05) is 35.9 Å². The first-order valence-corrected chi connectivity index (χ1v) is 8.03. The van der Waals surface area contributed by atoms with Crippen LogP contribution in [0.2, 0.25) is 0 Å². The Balaban J connectivity index is 1.72. The molecule has 0 saturated carbocycles. The highest BCUT2D eigenvalue weighted by molar-refractivity contribution is 7.13. The fourth-order valence-electron chi connectivity index (χ4n) is 1.78. The van der Waals surface area contributed by atoms with Crippen LogP contribution in [0, 0.1) is 0 Å². The molecular formula is C16H21N3O2S. The zero-order valence-electron chi connectivity index (χ0n) is 13.1. The molecular weight excluding hydrogens is 298 g/mol. The number of nitrogens with one attached hydrogen (secondary N) is 2. The van der Waals surface area contributed by atoms with E-state index in [-0.39, 0.29) is 0 Å². The van der Waals surface area contributed by atoms with E-state index < -0.39 is 11.7 Å². The Hall–Kier alpha value is -2.08. The highest BCUT2D eigenvalue weighted by atomic mass is 32.1. The first kappa shape index (κ1) is 16.3. The van der Waals surface area contributed by atoms with Crippen LogP contribution in [0.15, 0.2) is 35.8 Å². The quantitative estimate of drug-likeness (QED) is 0.824. The lowest BCUT2D eigenvalue weighted by Crippen LogP contribution is -2.34. The van der Waals surface area contributed by atoms with Crippen LogP contribution >= 0.6 is 11.3 Å². The molecule has 6 heteroatoms. The van der Waals surface area contributed by atoms with Crippen molar-refractivity contribution in [2.75, 3.05) is 18.4 Å². The molecule has 2 N–H and O–H groups in total. The normalized spacial score (nSPS) is 11.0. The second-order valence-electron chi connectivity index (χ2n) is 5.77. The van der Waals surface area contributed by atoms with Crippen LogP contribution in [0.5, 0.6) is 0 Å². The van der Waals surface area contributed by atoms with E-state index in [1.165, 1.54) is 0 Å². The standard InChI is InChI=1S/C16H21N3O2S/c1-16(2,3)21-15(20)19-9-8-17-13-6-4-12(5-7-13)14-18-10-11-22-14/h4-7,10-11,17H,8-9H2,1-3H3,(H,19,20). The molecule has 0 saturated heterocycles. The number of benzene rings is 1. The molecule has 118 valence electrons. The van der Waals surface area contributed by atoms with Crippen molar-refractivity contribution >= 4 is 23.1 Å². The molecule has 2 aromatic rings. The van der Waals surface area contributed by atoms with E-state index in [9.17, 15) is 4.79 Å². The van der Waals surface area contributed by atoms with Gasteiger partial charge in [0.1, 0.15) is 10.6 Å². The number of hydrogen-bond acceptors (Lipinski definition) is 5. The van der Waals surface area contributed by atoms with E-state index >= 15 is 0 Å². The summed E-state index contributed by atoms with van der Waals surface area (Å²) in [4.78, 5) is 15.8. The largest absolute Gasteiger partial charge is 0.444 e. The van der Waals surface area contributed by atoms with Crippen molar-refractivity contribution in [3.8, 4) is 10.6 Å². The van der Waals surface area contributed by atoms with Crippen LogP contribution < -0.4 is 10.6 Å². The number of hydrogen-bond donors (Lipinski definition) is 2. The van der Waals surface area contributed by atoms with Crippen LogP contribution in [-0.4, -0.2) is 29.8 Å². The number of ether oxygens (including phenoxy) is 1. The molecule has 0 atom stereocenters. The third-order valence-electron chi connectivity index (χ3n) is 2.69. The fourth-order valence-corrected chi connectivity index (χ4v) is 2.43. The SMILES string of the molecule is CC(C)(C)OC(=O)NCCNc1ccc(-c2nccs2)cc1. The molecule has 0 bridgehead atoms. The topological polar surface area (TPSA) is 63.2 Å². The van der Waals surface area contributed by atoms with E-state index in [2.05, 4.69) is 15.6 Å². The molecule has 0 fully saturated rings. The summed E-state index contributed by atoms with van der Waals surface area (Å²) >= 11 is 1.62. The summed E-state index contributed by atoms with van der Waals surface area (Å²) in [6.45, 7) is 6.66. The molecule has 22 heavy (non-hydrogen) atoms. The first-order chi connectivity index (χ1) is 10.4. The molecule has 1 heterocycles. The number of nitrogens with zero attached hydrogens (tertiary/aromatic N) is 1. The van der Waals surface area contributed by atoms with Gasteiger partial charge < -0.3 is 15.4 Å². The molecule has 0 aliphatic carbocycles. The Morgan fingerprint density at radius 2 is 1.95 bits per heavy atom. The second-order valence-corrected chi connectivity index (χ2v) is 6.66. The van der Waals surface area contributed by atoms with Crippen LogP contribution in [0.25, 0.3) is 10.6 Å². The van der Waals surface area contributed by atoms with Crippen molar-refractivity contribution < 1.29 is 9.53 Å². The van der Waals surface area contributed by atoms with Crippen molar-refractivity contribution in [3.05, 3.63) is 35.8 Å². The van der Waals surface area contributed by atoms with Crippen molar-refractivity contribution in [1.82, 2.24) is 10.3 Å². The molecule has 5 nitrogen and oxygen atoms in total. The van der Waals surface area contributed by atoms with Crippen LogP contribution in [0.3, 0.4) is 0 Å². The highest BCUT2D eigenvalue weighted by Crippen LogP contribution is 2.22. The number of thiazole rings is 1. The number of carbonyl (C=O) groups excluding carboxylic acids is 1. The highest BCUT2D eigenvalue weighted by Gasteiger charge is 2.15. The number of rotatable bonds is 5. The predicted molar refractivity (Wildman–Crippen MR) is 90.3 cm³/mol. The molecule has 0 spiro atoms. The number of aromatic nitrogens is 1. The predicted octanol–water partition coefficient (Wildman–Crippen LogP) is 3.75. The summed E-state index contributed by atoms with van der Waals surface area (Å²) in [5.74, 6) is 0. The van der Waals surface area contributed by atoms with Gasteiger partial charge in [0.25, 0.3) is 0 Å².